The van der Waals surface area contributed by atoms with Gasteiger partial charge in [-0.05, 0) is 26.3 Å². The molecule has 1 saturated heterocycles. The highest BCUT2D eigenvalue weighted by Gasteiger charge is 2.41. The van der Waals surface area contributed by atoms with E-state index in [1.807, 2.05) is 31.2 Å². The summed E-state index contributed by atoms with van der Waals surface area (Å²) < 4.78 is 0. The Bertz CT molecular complexity index is 651. The summed E-state index contributed by atoms with van der Waals surface area (Å²) in [5.74, 6) is -1.94. The molecule has 6 nitrogen and oxygen atoms in total. The van der Waals surface area contributed by atoms with Gasteiger partial charge >= 0.3 is 5.97 Å². The Balaban J connectivity index is 2.04. The van der Waals surface area contributed by atoms with Crippen molar-refractivity contribution in [3.63, 3.8) is 0 Å². The highest BCUT2D eigenvalue weighted by Crippen LogP contribution is 2.25. The van der Waals surface area contributed by atoms with Crippen molar-refractivity contribution in [3.8, 4) is 0 Å². The van der Waals surface area contributed by atoms with Crippen LogP contribution in [0, 0.1) is 12.8 Å². The van der Waals surface area contributed by atoms with Crippen molar-refractivity contribution in [2.75, 3.05) is 13.6 Å². The zero-order chi connectivity index (χ0) is 18.1. The topological polar surface area (TPSA) is 77.9 Å². The molecule has 1 unspecified atom stereocenters. The highest BCUT2D eigenvalue weighted by atomic mass is 16.4. The summed E-state index contributed by atoms with van der Waals surface area (Å²) in [5, 5.41) is 9.25. The largest absolute Gasteiger partial charge is 0.480 e. The van der Waals surface area contributed by atoms with Crippen LogP contribution in [-0.4, -0.2) is 51.8 Å². The average Bonchev–Trinajstić information content (AvgIpc) is 2.88. The third-order valence-electron chi connectivity index (χ3n) is 4.75. The Hall–Kier alpha value is -2.37. The summed E-state index contributed by atoms with van der Waals surface area (Å²) >= 11 is 0. The van der Waals surface area contributed by atoms with Gasteiger partial charge in [0.2, 0.25) is 11.8 Å². The Morgan fingerprint density at radius 2 is 1.88 bits per heavy atom. The number of carboxylic acids is 1. The van der Waals surface area contributed by atoms with Crippen molar-refractivity contribution in [2.24, 2.45) is 5.92 Å². The molecule has 0 aromatic heterocycles. The molecule has 24 heavy (non-hydrogen) atoms. The lowest BCUT2D eigenvalue weighted by molar-refractivity contribution is -0.156. The van der Waals surface area contributed by atoms with Crippen molar-refractivity contribution >= 4 is 17.8 Å². The van der Waals surface area contributed by atoms with Gasteiger partial charge in [0.25, 0.3) is 0 Å². The van der Waals surface area contributed by atoms with Crippen molar-refractivity contribution in [2.45, 2.75) is 39.3 Å². The van der Waals surface area contributed by atoms with Crippen LogP contribution in [0.1, 0.15) is 31.4 Å². The number of rotatable bonds is 5. The molecule has 130 valence electrons. The standard InChI is InChI=1S/C18H24N2O4/c1-12-5-7-13(8-6-12)10-20-11-14(9-15(20)21)16(22)19(4)18(2,3)17(23)24/h5-8,14H,9-11H2,1-4H3,(H,23,24). The number of likely N-dealkylation sites (N-methyl/N-ethyl adjacent to an activating group) is 1. The molecule has 1 heterocycles. The molecular weight excluding hydrogens is 308 g/mol. The van der Waals surface area contributed by atoms with Gasteiger partial charge in [-0.25, -0.2) is 4.79 Å². The van der Waals surface area contributed by atoms with Crippen LogP contribution in [-0.2, 0) is 20.9 Å². The molecule has 6 heteroatoms. The second-order valence-electron chi connectivity index (χ2n) is 6.92. The van der Waals surface area contributed by atoms with E-state index in [-0.39, 0.29) is 18.2 Å². The number of carboxylic acid groups (broad SMARTS) is 1. The summed E-state index contributed by atoms with van der Waals surface area (Å²) in [6.45, 7) is 5.75. The predicted molar refractivity (Wildman–Crippen MR) is 89.2 cm³/mol. The van der Waals surface area contributed by atoms with Gasteiger partial charge < -0.3 is 14.9 Å². The fraction of sp³-hybridized carbons (Fsp3) is 0.500. The molecule has 0 aliphatic carbocycles. The van der Waals surface area contributed by atoms with Crippen molar-refractivity contribution in [1.82, 2.24) is 9.80 Å². The number of nitrogens with zero attached hydrogens (tertiary/aromatic N) is 2. The molecule has 1 N–H and O–H groups in total. The van der Waals surface area contributed by atoms with Crippen molar-refractivity contribution in [3.05, 3.63) is 35.4 Å². The molecule has 2 rings (SSSR count). The first-order valence-corrected chi connectivity index (χ1v) is 7.97. The number of aryl methyl sites for hydroxylation is 1. The average molecular weight is 332 g/mol. The Labute approximate surface area is 142 Å². The molecule has 1 aromatic rings. The van der Waals surface area contributed by atoms with Crippen LogP contribution in [0.15, 0.2) is 24.3 Å². The number of carbonyl (C=O) groups excluding carboxylic acids is 2. The Kier molecular flexibility index (Phi) is 4.96. The van der Waals surface area contributed by atoms with Crippen LogP contribution < -0.4 is 0 Å². The highest BCUT2D eigenvalue weighted by molar-refractivity contribution is 5.92. The minimum absolute atomic E-state index is 0.0737. The third kappa shape index (κ3) is 3.58. The molecule has 1 aliphatic heterocycles. The van der Waals surface area contributed by atoms with Gasteiger partial charge in [-0.3, -0.25) is 9.59 Å². The zero-order valence-electron chi connectivity index (χ0n) is 14.6. The first-order chi connectivity index (χ1) is 11.1. The maximum absolute atomic E-state index is 12.6. The molecular formula is C18H24N2O4. The van der Waals surface area contributed by atoms with Crippen LogP contribution >= 0.6 is 0 Å². The van der Waals surface area contributed by atoms with Crippen LogP contribution in [0.25, 0.3) is 0 Å². The fourth-order valence-corrected chi connectivity index (χ4v) is 2.70. The monoisotopic (exact) mass is 332 g/mol. The first-order valence-electron chi connectivity index (χ1n) is 7.97. The van der Waals surface area contributed by atoms with E-state index >= 15 is 0 Å². The lowest BCUT2D eigenvalue weighted by Crippen LogP contribution is -2.52. The van der Waals surface area contributed by atoms with Gasteiger partial charge in [0.15, 0.2) is 0 Å². The summed E-state index contributed by atoms with van der Waals surface area (Å²) in [6.07, 6.45) is 0.130. The van der Waals surface area contributed by atoms with Gasteiger partial charge in [0.1, 0.15) is 5.54 Å². The lowest BCUT2D eigenvalue weighted by Gasteiger charge is -2.33. The van der Waals surface area contributed by atoms with Gasteiger partial charge in [0, 0.05) is 26.6 Å². The van der Waals surface area contributed by atoms with E-state index in [1.54, 1.807) is 4.90 Å². The van der Waals surface area contributed by atoms with Crippen molar-refractivity contribution < 1.29 is 19.5 Å². The normalized spacial score (nSPS) is 17.9. The van der Waals surface area contributed by atoms with Crippen LogP contribution in [0.3, 0.4) is 0 Å². The molecule has 2 amide bonds. The second-order valence-corrected chi connectivity index (χ2v) is 6.92. The number of hydrogen-bond acceptors (Lipinski definition) is 3. The van der Waals surface area contributed by atoms with E-state index in [0.717, 1.165) is 11.1 Å². The van der Waals surface area contributed by atoms with Gasteiger partial charge in [-0.1, -0.05) is 29.8 Å². The summed E-state index contributed by atoms with van der Waals surface area (Å²) in [4.78, 5) is 39.0. The fourth-order valence-electron chi connectivity index (χ4n) is 2.70. The number of likely N-dealkylation sites (tertiary alicyclic amines) is 1. The quantitative estimate of drug-likeness (QED) is 0.889. The zero-order valence-corrected chi connectivity index (χ0v) is 14.6. The number of amides is 2. The van der Waals surface area contributed by atoms with Crippen LogP contribution in [0.4, 0.5) is 0 Å². The molecule has 1 atom stereocenters. The summed E-state index contributed by atoms with van der Waals surface area (Å²) in [6, 6.07) is 7.91. The number of carbonyl (C=O) groups is 3. The Morgan fingerprint density at radius 1 is 1.29 bits per heavy atom. The van der Waals surface area contributed by atoms with E-state index in [9.17, 15) is 19.5 Å². The van der Waals surface area contributed by atoms with Gasteiger partial charge in [0.05, 0.1) is 5.92 Å². The smallest absolute Gasteiger partial charge is 0.329 e. The molecule has 1 aromatic carbocycles. The third-order valence-corrected chi connectivity index (χ3v) is 4.75. The minimum atomic E-state index is -1.30. The number of aliphatic carboxylic acids is 1. The molecule has 1 aliphatic rings. The number of hydrogen-bond donors (Lipinski definition) is 1. The first kappa shape index (κ1) is 18.0. The molecule has 0 radical (unpaired) electrons. The van der Waals surface area contributed by atoms with E-state index in [0.29, 0.717) is 13.1 Å². The molecule has 0 bridgehead atoms. The molecule has 1 fully saturated rings. The van der Waals surface area contributed by atoms with Crippen LogP contribution in [0.2, 0.25) is 0 Å². The van der Waals surface area contributed by atoms with Crippen molar-refractivity contribution in [1.29, 1.82) is 0 Å². The minimum Gasteiger partial charge on any atom is -0.480 e. The van der Waals surface area contributed by atoms with Gasteiger partial charge in [-0.2, -0.15) is 0 Å². The SMILES string of the molecule is Cc1ccc(CN2CC(C(=O)N(C)C(C)(C)C(=O)O)CC2=O)cc1. The lowest BCUT2D eigenvalue weighted by atomic mass is 10.00. The second kappa shape index (κ2) is 6.63. The molecule has 0 spiro atoms. The van der Waals surface area contributed by atoms with E-state index in [2.05, 4.69) is 0 Å². The van der Waals surface area contributed by atoms with E-state index in [1.165, 1.54) is 25.8 Å². The summed E-state index contributed by atoms with van der Waals surface area (Å²) in [5.41, 5.74) is 0.864. The molecule has 0 saturated carbocycles. The predicted octanol–water partition coefficient (Wildman–Crippen LogP) is 1.67. The van der Waals surface area contributed by atoms with Crippen LogP contribution in [0.5, 0.6) is 0 Å². The van der Waals surface area contributed by atoms with E-state index in [4.69, 9.17) is 0 Å². The van der Waals surface area contributed by atoms with Gasteiger partial charge in [-0.15, -0.1) is 0 Å². The maximum Gasteiger partial charge on any atom is 0.329 e. The maximum atomic E-state index is 12.6. The number of benzene rings is 1. The Morgan fingerprint density at radius 3 is 2.42 bits per heavy atom. The van der Waals surface area contributed by atoms with E-state index < -0.39 is 17.4 Å². The summed E-state index contributed by atoms with van der Waals surface area (Å²) in [7, 11) is 1.48.